The number of rotatable bonds is 7. The minimum absolute atomic E-state index is 0.0536. The summed E-state index contributed by atoms with van der Waals surface area (Å²) in [7, 11) is 0. The van der Waals surface area contributed by atoms with Crippen molar-refractivity contribution in [3.05, 3.63) is 24.3 Å². The number of benzene rings is 1. The number of nitriles is 1. The molecule has 0 unspecified atom stereocenters. The quantitative estimate of drug-likeness (QED) is 0.769. The lowest BCUT2D eigenvalue weighted by Gasteiger charge is -2.06. The Morgan fingerprint density at radius 1 is 1.44 bits per heavy atom. The van der Waals surface area contributed by atoms with Gasteiger partial charge < -0.3 is 10.1 Å². The molecule has 0 aliphatic rings. The number of thioether (sulfide) groups is 1. The highest BCUT2D eigenvalue weighted by Crippen LogP contribution is 2.15. The van der Waals surface area contributed by atoms with Crippen LogP contribution in [0.5, 0.6) is 5.75 Å². The second kappa shape index (κ2) is 8.43. The van der Waals surface area contributed by atoms with E-state index in [1.54, 1.807) is 0 Å². The molecular formula is C13H16N2O2S. The van der Waals surface area contributed by atoms with E-state index in [0.717, 1.165) is 11.4 Å². The normalized spacial score (nSPS) is 9.56. The first kappa shape index (κ1) is 14.4. The van der Waals surface area contributed by atoms with Crippen molar-refractivity contribution in [2.75, 3.05) is 23.4 Å². The van der Waals surface area contributed by atoms with Crippen LogP contribution < -0.4 is 10.1 Å². The third-order valence-electron chi connectivity index (χ3n) is 2.04. The highest BCUT2D eigenvalue weighted by Gasteiger charge is 2.02. The molecule has 0 aliphatic heterocycles. The molecule has 1 amide bonds. The van der Waals surface area contributed by atoms with Gasteiger partial charge in [0, 0.05) is 17.9 Å². The molecule has 0 radical (unpaired) electrons. The zero-order valence-electron chi connectivity index (χ0n) is 10.3. The van der Waals surface area contributed by atoms with Gasteiger partial charge in [-0.05, 0) is 31.2 Å². The van der Waals surface area contributed by atoms with Gasteiger partial charge in [-0.3, -0.25) is 4.79 Å². The standard InChI is InChI=1S/C13H16N2O2S/c1-2-17-12-6-4-11(5-7-12)15-13(16)10-18-9-3-8-14/h4-7H,2-3,9-10H2,1H3,(H,15,16). The van der Waals surface area contributed by atoms with Gasteiger partial charge in [-0.2, -0.15) is 17.0 Å². The van der Waals surface area contributed by atoms with Crippen LogP contribution in [0.4, 0.5) is 5.69 Å². The summed E-state index contributed by atoms with van der Waals surface area (Å²) < 4.78 is 5.31. The number of carbonyl (C=O) groups is 1. The molecule has 1 aromatic rings. The van der Waals surface area contributed by atoms with Crippen molar-refractivity contribution >= 4 is 23.4 Å². The molecule has 5 heteroatoms. The molecule has 0 spiro atoms. The summed E-state index contributed by atoms with van der Waals surface area (Å²) in [6.45, 7) is 2.55. The van der Waals surface area contributed by atoms with Crippen molar-refractivity contribution in [1.82, 2.24) is 0 Å². The maximum absolute atomic E-state index is 11.5. The molecule has 1 N–H and O–H groups in total. The number of amides is 1. The molecule has 0 aromatic heterocycles. The first-order chi connectivity index (χ1) is 8.76. The molecule has 96 valence electrons. The third kappa shape index (κ3) is 5.60. The Balaban J connectivity index is 2.33. The highest BCUT2D eigenvalue weighted by molar-refractivity contribution is 7.99. The lowest BCUT2D eigenvalue weighted by molar-refractivity contribution is -0.113. The van der Waals surface area contributed by atoms with Crippen LogP contribution in [0.15, 0.2) is 24.3 Å². The van der Waals surface area contributed by atoms with Gasteiger partial charge in [-0.25, -0.2) is 0 Å². The number of carbonyl (C=O) groups excluding carboxylic acids is 1. The van der Waals surface area contributed by atoms with Crippen molar-refractivity contribution < 1.29 is 9.53 Å². The molecule has 0 saturated heterocycles. The van der Waals surface area contributed by atoms with Crippen LogP contribution in [0.3, 0.4) is 0 Å². The van der Waals surface area contributed by atoms with Crippen molar-refractivity contribution in [2.24, 2.45) is 0 Å². The van der Waals surface area contributed by atoms with E-state index >= 15 is 0 Å². The van der Waals surface area contributed by atoms with E-state index in [0.29, 0.717) is 24.5 Å². The predicted octanol–water partition coefficient (Wildman–Crippen LogP) is 2.67. The monoisotopic (exact) mass is 264 g/mol. The van der Waals surface area contributed by atoms with Crippen LogP contribution in [0, 0.1) is 11.3 Å². The Hall–Kier alpha value is -1.67. The summed E-state index contributed by atoms with van der Waals surface area (Å²) in [6, 6.07) is 9.30. The summed E-state index contributed by atoms with van der Waals surface area (Å²) in [5.41, 5.74) is 0.754. The van der Waals surface area contributed by atoms with Gasteiger partial charge in [-0.1, -0.05) is 0 Å². The lowest BCUT2D eigenvalue weighted by atomic mass is 10.3. The molecular weight excluding hydrogens is 248 g/mol. The zero-order valence-corrected chi connectivity index (χ0v) is 11.1. The molecule has 1 rings (SSSR count). The Morgan fingerprint density at radius 2 is 2.17 bits per heavy atom. The summed E-state index contributed by atoms with van der Waals surface area (Å²) in [5, 5.41) is 11.2. The van der Waals surface area contributed by atoms with Crippen LogP contribution in [0.25, 0.3) is 0 Å². The molecule has 18 heavy (non-hydrogen) atoms. The predicted molar refractivity (Wildman–Crippen MR) is 73.8 cm³/mol. The summed E-state index contributed by atoms with van der Waals surface area (Å²) in [5.74, 6) is 1.79. The number of ether oxygens (including phenoxy) is 1. The van der Waals surface area contributed by atoms with Crippen LogP contribution in [-0.4, -0.2) is 24.0 Å². The van der Waals surface area contributed by atoms with E-state index in [9.17, 15) is 4.79 Å². The van der Waals surface area contributed by atoms with E-state index in [4.69, 9.17) is 10.00 Å². The second-order valence-corrected chi connectivity index (χ2v) is 4.57. The Morgan fingerprint density at radius 3 is 2.78 bits per heavy atom. The molecule has 1 aromatic carbocycles. The van der Waals surface area contributed by atoms with Gasteiger partial charge in [0.15, 0.2) is 0 Å². The van der Waals surface area contributed by atoms with Crippen LogP contribution >= 0.6 is 11.8 Å². The SMILES string of the molecule is CCOc1ccc(NC(=O)CSCCC#N)cc1. The molecule has 0 atom stereocenters. The average Bonchev–Trinajstić information content (AvgIpc) is 2.37. The number of hydrogen-bond donors (Lipinski definition) is 1. The fourth-order valence-corrected chi connectivity index (χ4v) is 1.92. The van der Waals surface area contributed by atoms with Crippen molar-refractivity contribution in [1.29, 1.82) is 5.26 Å². The smallest absolute Gasteiger partial charge is 0.234 e. The summed E-state index contributed by atoms with van der Waals surface area (Å²) >= 11 is 1.46. The van der Waals surface area contributed by atoms with E-state index in [1.165, 1.54) is 11.8 Å². The average molecular weight is 264 g/mol. The van der Waals surface area contributed by atoms with Crippen molar-refractivity contribution in [3.8, 4) is 11.8 Å². The lowest BCUT2D eigenvalue weighted by Crippen LogP contribution is -2.14. The van der Waals surface area contributed by atoms with Gasteiger partial charge in [0.1, 0.15) is 5.75 Å². The van der Waals surface area contributed by atoms with Gasteiger partial charge in [0.25, 0.3) is 0 Å². The largest absolute Gasteiger partial charge is 0.494 e. The minimum atomic E-state index is -0.0536. The fraction of sp³-hybridized carbons (Fsp3) is 0.385. The number of nitrogens with one attached hydrogen (secondary N) is 1. The van der Waals surface area contributed by atoms with Gasteiger partial charge in [0.2, 0.25) is 5.91 Å². The Kier molecular flexibility index (Phi) is 6.74. The van der Waals surface area contributed by atoms with E-state index in [1.807, 2.05) is 37.3 Å². The van der Waals surface area contributed by atoms with E-state index in [2.05, 4.69) is 5.32 Å². The fourth-order valence-electron chi connectivity index (χ4n) is 1.28. The molecule has 4 nitrogen and oxygen atoms in total. The Bertz CT molecular complexity index is 412. The Labute approximate surface area is 111 Å². The zero-order chi connectivity index (χ0) is 13.2. The maximum atomic E-state index is 11.5. The number of hydrogen-bond acceptors (Lipinski definition) is 4. The topological polar surface area (TPSA) is 62.1 Å². The van der Waals surface area contributed by atoms with Crippen LogP contribution in [0.2, 0.25) is 0 Å². The van der Waals surface area contributed by atoms with Crippen LogP contribution in [0.1, 0.15) is 13.3 Å². The first-order valence-corrected chi connectivity index (χ1v) is 6.89. The molecule has 0 bridgehead atoms. The number of nitrogens with zero attached hydrogens (tertiary/aromatic N) is 1. The number of anilines is 1. The van der Waals surface area contributed by atoms with Gasteiger partial charge in [0.05, 0.1) is 18.4 Å². The first-order valence-electron chi connectivity index (χ1n) is 5.73. The van der Waals surface area contributed by atoms with Crippen molar-refractivity contribution in [2.45, 2.75) is 13.3 Å². The molecule has 0 saturated carbocycles. The summed E-state index contributed by atoms with van der Waals surface area (Å²) in [4.78, 5) is 11.5. The second-order valence-electron chi connectivity index (χ2n) is 3.47. The van der Waals surface area contributed by atoms with Crippen molar-refractivity contribution in [3.63, 3.8) is 0 Å². The molecule has 0 heterocycles. The maximum Gasteiger partial charge on any atom is 0.234 e. The molecule has 0 aliphatic carbocycles. The van der Waals surface area contributed by atoms with E-state index in [-0.39, 0.29) is 5.91 Å². The summed E-state index contributed by atoms with van der Waals surface area (Å²) in [6.07, 6.45) is 0.473. The minimum Gasteiger partial charge on any atom is -0.494 e. The third-order valence-corrected chi connectivity index (χ3v) is 3.00. The van der Waals surface area contributed by atoms with Gasteiger partial charge in [-0.15, -0.1) is 0 Å². The van der Waals surface area contributed by atoms with E-state index < -0.39 is 0 Å². The van der Waals surface area contributed by atoms with Gasteiger partial charge >= 0.3 is 0 Å². The highest BCUT2D eigenvalue weighted by atomic mass is 32.2. The molecule has 0 fully saturated rings. The van der Waals surface area contributed by atoms with Crippen LogP contribution in [-0.2, 0) is 4.79 Å².